The number of rotatable bonds is 8. The Labute approximate surface area is 172 Å². The zero-order chi connectivity index (χ0) is 20.1. The highest BCUT2D eigenvalue weighted by atomic mass is 35.5. The second kappa shape index (κ2) is 9.11. The number of hydrogen-bond acceptors (Lipinski definition) is 6. The fraction of sp³-hybridized carbons (Fsp3) is 0.333. The predicted molar refractivity (Wildman–Crippen MR) is 109 cm³/mol. The van der Waals surface area contributed by atoms with E-state index >= 15 is 0 Å². The molecule has 3 aromatic rings. The van der Waals surface area contributed by atoms with Gasteiger partial charge >= 0.3 is 0 Å². The lowest BCUT2D eigenvalue weighted by Gasteiger charge is -2.11. The Morgan fingerprint density at radius 1 is 1.25 bits per heavy atom. The van der Waals surface area contributed by atoms with E-state index in [1.807, 2.05) is 25.5 Å². The van der Waals surface area contributed by atoms with Gasteiger partial charge in [-0.1, -0.05) is 23.4 Å². The van der Waals surface area contributed by atoms with Crippen LogP contribution in [0.15, 0.2) is 41.7 Å². The molecule has 0 unspecified atom stereocenters. The number of halogens is 1. The molecule has 2 aromatic heterocycles. The van der Waals surface area contributed by atoms with E-state index in [1.165, 1.54) is 11.8 Å². The molecule has 0 aliphatic heterocycles. The highest BCUT2D eigenvalue weighted by Gasteiger charge is 2.14. The highest BCUT2D eigenvalue weighted by molar-refractivity contribution is 7.99. The van der Waals surface area contributed by atoms with Gasteiger partial charge in [0.1, 0.15) is 18.2 Å². The third-order valence-corrected chi connectivity index (χ3v) is 5.14. The molecule has 1 amide bonds. The number of anilines is 1. The van der Waals surface area contributed by atoms with E-state index < -0.39 is 0 Å². The zero-order valence-electron chi connectivity index (χ0n) is 15.8. The quantitative estimate of drug-likeness (QED) is 0.561. The van der Waals surface area contributed by atoms with Gasteiger partial charge in [0.15, 0.2) is 11.0 Å². The van der Waals surface area contributed by atoms with Crippen LogP contribution in [0, 0.1) is 0 Å². The van der Waals surface area contributed by atoms with Crippen molar-refractivity contribution in [1.82, 2.24) is 24.5 Å². The predicted octanol–water partition coefficient (Wildman–Crippen LogP) is 3.56. The third kappa shape index (κ3) is 5.05. The lowest BCUT2D eigenvalue weighted by Crippen LogP contribution is -2.18. The van der Waals surface area contributed by atoms with Crippen LogP contribution in [0.2, 0.25) is 5.02 Å². The molecule has 1 N–H and O–H groups in total. The van der Waals surface area contributed by atoms with Crippen molar-refractivity contribution in [3.63, 3.8) is 0 Å². The molecule has 0 atom stereocenters. The van der Waals surface area contributed by atoms with Crippen molar-refractivity contribution in [1.29, 1.82) is 0 Å². The number of benzene rings is 1. The van der Waals surface area contributed by atoms with Crippen LogP contribution in [0.4, 0.5) is 5.82 Å². The summed E-state index contributed by atoms with van der Waals surface area (Å²) in [5.41, 5.74) is 0. The molecule has 0 bridgehead atoms. The van der Waals surface area contributed by atoms with E-state index in [9.17, 15) is 4.79 Å². The van der Waals surface area contributed by atoms with Gasteiger partial charge < -0.3 is 14.6 Å². The molecule has 3 rings (SSSR count). The Morgan fingerprint density at radius 3 is 2.71 bits per heavy atom. The standard InChI is InChI=1S/C18H21ClN6O2S/c1-12(2)25-15(8-9-20-25)21-17(26)11-28-18-23-22-16(24(18)3)10-27-14-6-4-13(19)5-7-14/h4-9,12H,10-11H2,1-3H3,(H,21,26). The first-order valence-corrected chi connectivity index (χ1v) is 10.0. The highest BCUT2D eigenvalue weighted by Crippen LogP contribution is 2.20. The Morgan fingerprint density at radius 2 is 2.00 bits per heavy atom. The van der Waals surface area contributed by atoms with Crippen molar-refractivity contribution in [2.45, 2.75) is 31.7 Å². The fourth-order valence-electron chi connectivity index (χ4n) is 2.41. The van der Waals surface area contributed by atoms with Crippen LogP contribution in [-0.4, -0.2) is 36.2 Å². The Bertz CT molecular complexity index is 938. The number of carbonyl (C=O) groups excluding carboxylic acids is 1. The normalized spacial score (nSPS) is 11.0. The molecular weight excluding hydrogens is 400 g/mol. The van der Waals surface area contributed by atoms with Gasteiger partial charge in [0.25, 0.3) is 0 Å². The largest absolute Gasteiger partial charge is 0.486 e. The van der Waals surface area contributed by atoms with Gasteiger partial charge in [0.05, 0.1) is 11.9 Å². The summed E-state index contributed by atoms with van der Waals surface area (Å²) in [5.74, 6) is 2.12. The number of nitrogens with one attached hydrogen (secondary N) is 1. The molecule has 148 valence electrons. The second-order valence-corrected chi connectivity index (χ2v) is 7.67. The van der Waals surface area contributed by atoms with Gasteiger partial charge in [0.2, 0.25) is 5.91 Å². The molecular formula is C18H21ClN6O2S. The maximum absolute atomic E-state index is 12.2. The summed E-state index contributed by atoms with van der Waals surface area (Å²) < 4.78 is 9.27. The minimum absolute atomic E-state index is 0.130. The number of aromatic nitrogens is 5. The molecule has 0 spiro atoms. The second-order valence-electron chi connectivity index (χ2n) is 6.29. The summed E-state index contributed by atoms with van der Waals surface area (Å²) in [6.45, 7) is 4.28. The summed E-state index contributed by atoms with van der Waals surface area (Å²) in [4.78, 5) is 12.2. The van der Waals surface area contributed by atoms with Gasteiger partial charge in [-0.3, -0.25) is 4.79 Å². The molecule has 28 heavy (non-hydrogen) atoms. The number of nitrogens with zero attached hydrogens (tertiary/aromatic N) is 5. The van der Waals surface area contributed by atoms with Crippen molar-refractivity contribution in [2.75, 3.05) is 11.1 Å². The average molecular weight is 421 g/mol. The lowest BCUT2D eigenvalue weighted by atomic mass is 10.3. The lowest BCUT2D eigenvalue weighted by molar-refractivity contribution is -0.113. The number of amides is 1. The number of thioether (sulfide) groups is 1. The van der Waals surface area contributed by atoms with Crippen LogP contribution in [0.25, 0.3) is 0 Å². The maximum Gasteiger partial charge on any atom is 0.235 e. The minimum Gasteiger partial charge on any atom is -0.486 e. The van der Waals surface area contributed by atoms with Crippen LogP contribution < -0.4 is 10.1 Å². The summed E-state index contributed by atoms with van der Waals surface area (Å²) in [6.07, 6.45) is 1.67. The first-order chi connectivity index (χ1) is 13.4. The van der Waals surface area contributed by atoms with Gasteiger partial charge in [0, 0.05) is 24.2 Å². The van der Waals surface area contributed by atoms with E-state index in [2.05, 4.69) is 20.6 Å². The first kappa shape index (κ1) is 20.2. The maximum atomic E-state index is 12.2. The molecule has 1 aromatic carbocycles. The van der Waals surface area contributed by atoms with E-state index in [0.717, 1.165) is 0 Å². The summed E-state index contributed by atoms with van der Waals surface area (Å²) in [6, 6.07) is 9.05. The van der Waals surface area contributed by atoms with Crippen LogP contribution in [0.3, 0.4) is 0 Å². The molecule has 8 nitrogen and oxygen atoms in total. The van der Waals surface area contributed by atoms with Crippen LogP contribution >= 0.6 is 23.4 Å². The van der Waals surface area contributed by atoms with Gasteiger partial charge in [-0.25, -0.2) is 4.68 Å². The van der Waals surface area contributed by atoms with E-state index in [4.69, 9.17) is 16.3 Å². The van der Waals surface area contributed by atoms with E-state index in [-0.39, 0.29) is 24.3 Å². The molecule has 0 radical (unpaired) electrons. The van der Waals surface area contributed by atoms with Gasteiger partial charge in [-0.2, -0.15) is 5.10 Å². The topological polar surface area (TPSA) is 86.9 Å². The summed E-state index contributed by atoms with van der Waals surface area (Å²) >= 11 is 7.17. The Kier molecular flexibility index (Phi) is 6.58. The van der Waals surface area contributed by atoms with Gasteiger partial charge in [-0.05, 0) is 38.1 Å². The van der Waals surface area contributed by atoms with Crippen LogP contribution in [0.5, 0.6) is 5.75 Å². The zero-order valence-corrected chi connectivity index (χ0v) is 17.4. The molecule has 0 aliphatic rings. The Hall–Kier alpha value is -2.52. The smallest absolute Gasteiger partial charge is 0.235 e. The molecule has 0 saturated carbocycles. The molecule has 10 heteroatoms. The SMILES string of the molecule is CC(C)n1nccc1NC(=O)CSc1nnc(COc2ccc(Cl)cc2)n1C. The number of hydrogen-bond donors (Lipinski definition) is 1. The van der Waals surface area contributed by atoms with Crippen molar-refractivity contribution in [3.05, 3.63) is 47.4 Å². The molecule has 0 fully saturated rings. The van der Waals surface area contributed by atoms with Crippen LogP contribution in [-0.2, 0) is 18.4 Å². The van der Waals surface area contributed by atoms with Crippen molar-refractivity contribution in [2.24, 2.45) is 7.05 Å². The van der Waals surface area contributed by atoms with Crippen LogP contribution in [0.1, 0.15) is 25.7 Å². The van der Waals surface area contributed by atoms with Gasteiger partial charge in [-0.15, -0.1) is 10.2 Å². The first-order valence-electron chi connectivity index (χ1n) is 8.67. The van der Waals surface area contributed by atoms with E-state index in [0.29, 0.717) is 27.6 Å². The molecule has 2 heterocycles. The number of carbonyl (C=O) groups is 1. The Balaban J connectivity index is 1.53. The van der Waals surface area contributed by atoms with Crippen molar-refractivity contribution >= 4 is 35.1 Å². The average Bonchev–Trinajstić information content (AvgIpc) is 3.26. The monoisotopic (exact) mass is 420 g/mol. The third-order valence-electron chi connectivity index (χ3n) is 3.87. The number of ether oxygens (including phenoxy) is 1. The molecule has 0 aliphatic carbocycles. The summed E-state index contributed by atoms with van der Waals surface area (Å²) in [5, 5.41) is 16.6. The van der Waals surface area contributed by atoms with E-state index in [1.54, 1.807) is 41.2 Å². The molecule has 0 saturated heterocycles. The van der Waals surface area contributed by atoms with Crippen molar-refractivity contribution < 1.29 is 9.53 Å². The summed E-state index contributed by atoms with van der Waals surface area (Å²) in [7, 11) is 1.84. The fourth-order valence-corrected chi connectivity index (χ4v) is 3.26. The van der Waals surface area contributed by atoms with Crippen molar-refractivity contribution in [3.8, 4) is 5.75 Å². The minimum atomic E-state index is -0.130.